The van der Waals surface area contributed by atoms with E-state index in [1.807, 2.05) is 13.8 Å². The van der Waals surface area contributed by atoms with Gasteiger partial charge in [-0.05, 0) is 31.2 Å². The first-order chi connectivity index (χ1) is 7.72. The lowest BCUT2D eigenvalue weighted by molar-refractivity contribution is -0.145. The largest absolute Gasteiger partial charge is 0.482 e. The smallest absolute Gasteiger partial charge is 0.344 e. The molecule has 0 aliphatic rings. The van der Waals surface area contributed by atoms with Crippen LogP contribution in [0.4, 0.5) is 5.69 Å². The average Bonchev–Trinajstić information content (AvgIpc) is 2.31. The first-order valence-electron chi connectivity index (χ1n) is 5.36. The van der Waals surface area contributed by atoms with E-state index >= 15 is 0 Å². The van der Waals surface area contributed by atoms with Gasteiger partial charge in [0.05, 0.1) is 6.61 Å². The van der Waals surface area contributed by atoms with Gasteiger partial charge in [0.2, 0.25) is 0 Å². The Hall–Kier alpha value is -1.71. The quantitative estimate of drug-likeness (QED) is 0.630. The number of anilines is 1. The third-order valence-corrected chi connectivity index (χ3v) is 1.54. The molecule has 1 rings (SSSR count). The molecule has 0 aliphatic heterocycles. The summed E-state index contributed by atoms with van der Waals surface area (Å²) in [6.07, 6.45) is 0. The first kappa shape index (κ1) is 14.3. The van der Waals surface area contributed by atoms with Crippen LogP contribution < -0.4 is 10.5 Å². The Balaban J connectivity index is 0.00000106. The van der Waals surface area contributed by atoms with Crippen molar-refractivity contribution in [1.29, 1.82) is 0 Å². The van der Waals surface area contributed by atoms with Gasteiger partial charge in [0, 0.05) is 5.69 Å². The minimum Gasteiger partial charge on any atom is -0.482 e. The number of esters is 1. The number of ether oxygens (including phenoxy) is 2. The maximum Gasteiger partial charge on any atom is 0.344 e. The van der Waals surface area contributed by atoms with Gasteiger partial charge in [0.15, 0.2) is 6.61 Å². The lowest BCUT2D eigenvalue weighted by atomic mass is 10.3. The van der Waals surface area contributed by atoms with Crippen LogP contribution in [0.1, 0.15) is 20.8 Å². The number of nitrogens with two attached hydrogens (primary N) is 1. The Kier molecular flexibility index (Phi) is 7.67. The Morgan fingerprint density at radius 2 is 1.81 bits per heavy atom. The SMILES string of the molecule is CC.CCOC(=O)COc1ccc(N)cc1. The van der Waals surface area contributed by atoms with E-state index in [4.69, 9.17) is 15.2 Å². The zero-order valence-corrected chi connectivity index (χ0v) is 10.0. The van der Waals surface area contributed by atoms with Crippen molar-refractivity contribution in [2.24, 2.45) is 0 Å². The van der Waals surface area contributed by atoms with E-state index in [2.05, 4.69) is 0 Å². The molecule has 0 radical (unpaired) electrons. The summed E-state index contributed by atoms with van der Waals surface area (Å²) >= 11 is 0. The molecule has 0 saturated carbocycles. The summed E-state index contributed by atoms with van der Waals surface area (Å²) < 4.78 is 9.84. The summed E-state index contributed by atoms with van der Waals surface area (Å²) in [5.41, 5.74) is 6.14. The fraction of sp³-hybridized carbons (Fsp3) is 0.417. The molecule has 1 aromatic carbocycles. The molecular weight excluding hydrogens is 206 g/mol. The highest BCUT2D eigenvalue weighted by atomic mass is 16.6. The highest BCUT2D eigenvalue weighted by Crippen LogP contribution is 2.12. The molecule has 4 nitrogen and oxygen atoms in total. The standard InChI is InChI=1S/C10H13NO3.C2H6/c1-2-13-10(12)7-14-9-5-3-8(11)4-6-9;1-2/h3-6H,2,7,11H2,1H3;1-2H3. The van der Waals surface area contributed by atoms with Crippen molar-refractivity contribution in [3.05, 3.63) is 24.3 Å². The van der Waals surface area contributed by atoms with Crippen LogP contribution in [0.5, 0.6) is 5.75 Å². The zero-order chi connectivity index (χ0) is 12.4. The average molecular weight is 225 g/mol. The monoisotopic (exact) mass is 225 g/mol. The van der Waals surface area contributed by atoms with E-state index < -0.39 is 0 Å². The Labute approximate surface area is 96.4 Å². The normalized spacial score (nSPS) is 8.69. The molecule has 0 aromatic heterocycles. The number of carbonyl (C=O) groups excluding carboxylic acids is 1. The molecule has 0 bridgehead atoms. The number of benzene rings is 1. The molecule has 90 valence electrons. The Morgan fingerprint density at radius 1 is 1.25 bits per heavy atom. The summed E-state index contributed by atoms with van der Waals surface area (Å²) in [5.74, 6) is 0.233. The molecule has 0 atom stereocenters. The second-order valence-corrected chi connectivity index (χ2v) is 2.66. The molecule has 0 heterocycles. The summed E-state index contributed by atoms with van der Waals surface area (Å²) in [4.78, 5) is 10.9. The van der Waals surface area contributed by atoms with E-state index in [0.29, 0.717) is 18.0 Å². The number of carbonyl (C=O) groups is 1. The maximum atomic E-state index is 10.9. The van der Waals surface area contributed by atoms with E-state index in [1.54, 1.807) is 31.2 Å². The number of hydrogen-bond acceptors (Lipinski definition) is 4. The van der Waals surface area contributed by atoms with E-state index in [0.717, 1.165) is 0 Å². The minimum atomic E-state index is -0.371. The van der Waals surface area contributed by atoms with Crippen LogP contribution in [-0.2, 0) is 9.53 Å². The molecule has 0 spiro atoms. The van der Waals surface area contributed by atoms with Crippen molar-refractivity contribution in [3.8, 4) is 5.75 Å². The Bertz CT molecular complexity index is 296. The van der Waals surface area contributed by atoms with Crippen LogP contribution in [0.25, 0.3) is 0 Å². The zero-order valence-electron chi connectivity index (χ0n) is 10.0. The van der Waals surface area contributed by atoms with Crippen LogP contribution in [0.3, 0.4) is 0 Å². The summed E-state index contributed by atoms with van der Waals surface area (Å²) in [6, 6.07) is 6.82. The van der Waals surface area contributed by atoms with Gasteiger partial charge < -0.3 is 15.2 Å². The lowest BCUT2D eigenvalue weighted by Gasteiger charge is -2.05. The van der Waals surface area contributed by atoms with Crippen LogP contribution >= 0.6 is 0 Å². The highest BCUT2D eigenvalue weighted by Gasteiger charge is 2.01. The Morgan fingerprint density at radius 3 is 2.31 bits per heavy atom. The predicted octanol–water partition coefficient (Wildman–Crippen LogP) is 2.24. The molecule has 0 aliphatic carbocycles. The van der Waals surface area contributed by atoms with Gasteiger partial charge in [-0.15, -0.1) is 0 Å². The van der Waals surface area contributed by atoms with Crippen molar-refractivity contribution in [2.75, 3.05) is 18.9 Å². The van der Waals surface area contributed by atoms with E-state index in [9.17, 15) is 4.79 Å². The van der Waals surface area contributed by atoms with Gasteiger partial charge in [-0.2, -0.15) is 0 Å². The van der Waals surface area contributed by atoms with Gasteiger partial charge in [-0.1, -0.05) is 13.8 Å². The molecule has 0 amide bonds. The highest BCUT2D eigenvalue weighted by molar-refractivity contribution is 5.71. The van der Waals surface area contributed by atoms with Crippen molar-refractivity contribution in [1.82, 2.24) is 0 Å². The van der Waals surface area contributed by atoms with Gasteiger partial charge >= 0.3 is 5.97 Å². The summed E-state index contributed by atoms with van der Waals surface area (Å²) in [6.45, 7) is 6.04. The second-order valence-electron chi connectivity index (χ2n) is 2.66. The molecule has 1 aromatic rings. The van der Waals surface area contributed by atoms with Crippen molar-refractivity contribution in [3.63, 3.8) is 0 Å². The molecule has 16 heavy (non-hydrogen) atoms. The molecule has 0 fully saturated rings. The molecule has 4 heteroatoms. The third-order valence-electron chi connectivity index (χ3n) is 1.54. The topological polar surface area (TPSA) is 61.5 Å². The fourth-order valence-electron chi connectivity index (χ4n) is 0.909. The van der Waals surface area contributed by atoms with E-state index in [1.165, 1.54) is 0 Å². The second kappa shape index (κ2) is 8.59. The van der Waals surface area contributed by atoms with Crippen molar-refractivity contribution < 1.29 is 14.3 Å². The fourth-order valence-corrected chi connectivity index (χ4v) is 0.909. The van der Waals surface area contributed by atoms with Crippen LogP contribution in [0.2, 0.25) is 0 Å². The number of rotatable bonds is 4. The van der Waals surface area contributed by atoms with Gasteiger partial charge in [-0.25, -0.2) is 4.79 Å². The van der Waals surface area contributed by atoms with E-state index in [-0.39, 0.29) is 12.6 Å². The molecule has 0 unspecified atom stereocenters. The van der Waals surface area contributed by atoms with Crippen molar-refractivity contribution in [2.45, 2.75) is 20.8 Å². The van der Waals surface area contributed by atoms with Crippen LogP contribution in [-0.4, -0.2) is 19.2 Å². The number of hydrogen-bond donors (Lipinski definition) is 1. The maximum absolute atomic E-state index is 10.9. The van der Waals surface area contributed by atoms with Gasteiger partial charge in [0.25, 0.3) is 0 Å². The summed E-state index contributed by atoms with van der Waals surface area (Å²) in [5, 5.41) is 0. The third kappa shape index (κ3) is 5.90. The first-order valence-corrected chi connectivity index (χ1v) is 5.36. The molecular formula is C12H19NO3. The number of nitrogen functional groups attached to an aromatic ring is 1. The van der Waals surface area contributed by atoms with Gasteiger partial charge in [-0.3, -0.25) is 0 Å². The minimum absolute atomic E-state index is 0.0717. The van der Waals surface area contributed by atoms with Crippen LogP contribution in [0.15, 0.2) is 24.3 Å². The van der Waals surface area contributed by atoms with Gasteiger partial charge in [0.1, 0.15) is 5.75 Å². The lowest BCUT2D eigenvalue weighted by Crippen LogP contribution is -2.14. The predicted molar refractivity (Wildman–Crippen MR) is 64.3 cm³/mol. The van der Waals surface area contributed by atoms with Crippen LogP contribution in [0, 0.1) is 0 Å². The molecule has 2 N–H and O–H groups in total. The molecule has 0 saturated heterocycles. The summed E-state index contributed by atoms with van der Waals surface area (Å²) in [7, 11) is 0. The van der Waals surface area contributed by atoms with Crippen molar-refractivity contribution >= 4 is 11.7 Å².